The second-order valence-corrected chi connectivity index (χ2v) is 17.1. The molecule has 1 aromatic rings. The van der Waals surface area contributed by atoms with Crippen molar-refractivity contribution in [3.05, 3.63) is 30.3 Å². The highest BCUT2D eigenvalue weighted by atomic mass is 28.3. The molecule has 1 aliphatic heterocycles. The molecule has 0 spiro atoms. The topological polar surface area (TPSA) is 0 Å². The van der Waals surface area contributed by atoms with Crippen LogP contribution in [0.25, 0.3) is 0 Å². The molecule has 1 aromatic carbocycles. The number of hydrogen-bond acceptors (Lipinski definition) is 0. The lowest BCUT2D eigenvalue weighted by molar-refractivity contribution is 0.519. The van der Waals surface area contributed by atoms with Crippen LogP contribution in [0.4, 0.5) is 0 Å². The molecule has 94 valence electrons. The Morgan fingerprint density at radius 3 is 2.24 bits per heavy atom. The van der Waals surface area contributed by atoms with Gasteiger partial charge in [-0.05, 0) is 11.5 Å². The summed E-state index contributed by atoms with van der Waals surface area (Å²) in [6, 6.07) is 14.3. The van der Waals surface area contributed by atoms with E-state index < -0.39 is 16.1 Å². The number of hydrogen-bond donors (Lipinski definition) is 0. The monoisotopic (exact) mass is 262 g/mol. The highest BCUT2D eigenvalue weighted by molar-refractivity contribution is 6.92. The second-order valence-electron chi connectivity index (χ2n) is 7.23. The van der Waals surface area contributed by atoms with Crippen LogP contribution in [0.3, 0.4) is 0 Å². The molecule has 0 aliphatic carbocycles. The normalized spacial score (nSPS) is 27.6. The van der Waals surface area contributed by atoms with Gasteiger partial charge in [0.1, 0.15) is 0 Å². The smallest absolute Gasteiger partial charge is 0.0691 e. The summed E-state index contributed by atoms with van der Waals surface area (Å²) in [7, 11) is -2.06. The van der Waals surface area contributed by atoms with Crippen LogP contribution in [-0.2, 0) is 0 Å². The van der Waals surface area contributed by atoms with Crippen molar-refractivity contribution < 1.29 is 0 Å². The zero-order valence-electron chi connectivity index (χ0n) is 12.0. The Labute approximate surface area is 108 Å². The third-order valence-electron chi connectivity index (χ3n) is 4.82. The Bertz CT molecular complexity index is 381. The first-order valence-electron chi connectivity index (χ1n) is 6.88. The summed E-state index contributed by atoms with van der Waals surface area (Å²) in [5.74, 6) is 0.993. The molecule has 0 radical (unpaired) electrons. The number of benzene rings is 1. The van der Waals surface area contributed by atoms with Crippen molar-refractivity contribution >= 4 is 21.3 Å². The zero-order chi connectivity index (χ0) is 12.7. The number of rotatable bonds is 3. The van der Waals surface area contributed by atoms with E-state index in [0.29, 0.717) is 0 Å². The van der Waals surface area contributed by atoms with Crippen molar-refractivity contribution in [2.75, 3.05) is 0 Å². The molecule has 2 heteroatoms. The predicted octanol–water partition coefficient (Wildman–Crippen LogP) is 4.33. The average molecular weight is 263 g/mol. The molecule has 0 amide bonds. The van der Waals surface area contributed by atoms with E-state index in [4.69, 9.17) is 0 Å². The molecule has 0 saturated carbocycles. The van der Waals surface area contributed by atoms with Gasteiger partial charge in [0.05, 0.1) is 16.1 Å². The van der Waals surface area contributed by atoms with E-state index in [2.05, 4.69) is 63.4 Å². The molecule has 0 unspecified atom stereocenters. The van der Waals surface area contributed by atoms with E-state index in [1.165, 1.54) is 6.04 Å². The van der Waals surface area contributed by atoms with Gasteiger partial charge in [0.2, 0.25) is 0 Å². The highest BCUT2D eigenvalue weighted by Crippen LogP contribution is 2.52. The minimum atomic E-state index is -1.21. The summed E-state index contributed by atoms with van der Waals surface area (Å²) in [6.45, 7) is 12.8. The molecule has 1 aliphatic rings. The Morgan fingerprint density at radius 1 is 1.18 bits per heavy atom. The highest BCUT2D eigenvalue weighted by Gasteiger charge is 2.48. The van der Waals surface area contributed by atoms with Crippen molar-refractivity contribution in [2.45, 2.75) is 50.7 Å². The van der Waals surface area contributed by atoms with E-state index >= 15 is 0 Å². The second kappa shape index (κ2) is 4.40. The van der Waals surface area contributed by atoms with Crippen molar-refractivity contribution in [2.24, 2.45) is 5.92 Å². The summed E-state index contributed by atoms with van der Waals surface area (Å²) in [6.07, 6.45) is 0. The maximum absolute atomic E-state index is 2.59. The Balaban J connectivity index is 2.13. The van der Waals surface area contributed by atoms with Gasteiger partial charge in [-0.25, -0.2) is 0 Å². The van der Waals surface area contributed by atoms with Gasteiger partial charge in [0, 0.05) is 0 Å². The zero-order valence-corrected chi connectivity index (χ0v) is 14.0. The third-order valence-corrected chi connectivity index (χ3v) is 13.1. The van der Waals surface area contributed by atoms with Gasteiger partial charge in [0.25, 0.3) is 0 Å². The van der Waals surface area contributed by atoms with Crippen molar-refractivity contribution in [3.63, 3.8) is 0 Å². The quantitative estimate of drug-likeness (QED) is 0.711. The van der Waals surface area contributed by atoms with Gasteiger partial charge in [0.15, 0.2) is 0 Å². The van der Waals surface area contributed by atoms with Crippen LogP contribution in [0.2, 0.25) is 43.8 Å². The fraction of sp³-hybridized carbons (Fsp3) is 0.600. The van der Waals surface area contributed by atoms with E-state index in [1.807, 2.05) is 0 Å². The minimum absolute atomic E-state index is 0.851. The van der Waals surface area contributed by atoms with Gasteiger partial charge >= 0.3 is 0 Å². The SMILES string of the molecule is C[C@@H]1C[Si](C)(C)[C@H]1C[Si](C)(C)c1ccccc1. The Hall–Kier alpha value is -0.346. The molecule has 2 atom stereocenters. The van der Waals surface area contributed by atoms with Gasteiger partial charge in [-0.15, -0.1) is 0 Å². The van der Waals surface area contributed by atoms with Crippen LogP contribution in [0, 0.1) is 5.92 Å². The Morgan fingerprint density at radius 2 is 1.76 bits per heavy atom. The molecule has 1 heterocycles. The van der Waals surface area contributed by atoms with Crippen LogP contribution >= 0.6 is 0 Å². The van der Waals surface area contributed by atoms with Crippen LogP contribution in [-0.4, -0.2) is 16.1 Å². The largest absolute Gasteiger partial charge is 0.0806 e. The van der Waals surface area contributed by atoms with E-state index in [0.717, 1.165) is 11.5 Å². The summed E-state index contributed by atoms with van der Waals surface area (Å²) < 4.78 is 0. The molecule has 0 aromatic heterocycles. The van der Waals surface area contributed by atoms with E-state index in [1.54, 1.807) is 11.2 Å². The third kappa shape index (κ3) is 2.58. The average Bonchev–Trinajstić information content (AvgIpc) is 2.27. The first-order valence-corrected chi connectivity index (χ1v) is 13.4. The first-order chi connectivity index (χ1) is 7.83. The van der Waals surface area contributed by atoms with Crippen molar-refractivity contribution in [1.82, 2.24) is 0 Å². The maximum atomic E-state index is 2.59. The molecule has 1 fully saturated rings. The lowest BCUT2D eigenvalue weighted by Gasteiger charge is -2.51. The summed E-state index contributed by atoms with van der Waals surface area (Å²) in [5.41, 5.74) is 1.07. The molecule has 0 nitrogen and oxygen atoms in total. The van der Waals surface area contributed by atoms with Crippen LogP contribution in [0.1, 0.15) is 6.92 Å². The lowest BCUT2D eigenvalue weighted by Crippen LogP contribution is -2.53. The van der Waals surface area contributed by atoms with Gasteiger partial charge in [-0.2, -0.15) is 0 Å². The summed E-state index contributed by atoms with van der Waals surface area (Å²) in [5, 5.41) is 1.64. The van der Waals surface area contributed by atoms with Crippen LogP contribution in [0.5, 0.6) is 0 Å². The fourth-order valence-electron chi connectivity index (χ4n) is 3.77. The molecule has 17 heavy (non-hydrogen) atoms. The molecule has 0 bridgehead atoms. The molecular weight excluding hydrogens is 236 g/mol. The molecule has 1 saturated heterocycles. The van der Waals surface area contributed by atoms with E-state index in [9.17, 15) is 0 Å². The molecule has 0 N–H and O–H groups in total. The van der Waals surface area contributed by atoms with Crippen LogP contribution < -0.4 is 5.19 Å². The van der Waals surface area contributed by atoms with E-state index in [-0.39, 0.29) is 0 Å². The van der Waals surface area contributed by atoms with Crippen LogP contribution in [0.15, 0.2) is 30.3 Å². The molecule has 2 rings (SSSR count). The Kier molecular flexibility index (Phi) is 3.39. The predicted molar refractivity (Wildman–Crippen MR) is 83.6 cm³/mol. The lowest BCUT2D eigenvalue weighted by atomic mass is 10.1. The van der Waals surface area contributed by atoms with Crippen molar-refractivity contribution in [3.8, 4) is 0 Å². The maximum Gasteiger partial charge on any atom is 0.0806 e. The van der Waals surface area contributed by atoms with Gasteiger partial charge in [-0.3, -0.25) is 0 Å². The minimum Gasteiger partial charge on any atom is -0.0691 e. The summed E-state index contributed by atoms with van der Waals surface area (Å²) in [4.78, 5) is 0. The summed E-state index contributed by atoms with van der Waals surface area (Å²) >= 11 is 0. The standard InChI is InChI=1S/C15H26Si2/c1-13-11-17(4,5)15(13)12-16(2,3)14-9-7-6-8-10-14/h6-10,13,15H,11-12H2,1-5H3/t13-,15+/m1/s1. The van der Waals surface area contributed by atoms with Gasteiger partial charge < -0.3 is 0 Å². The first kappa shape index (κ1) is 13.1. The van der Waals surface area contributed by atoms with Gasteiger partial charge in [-0.1, -0.05) is 80.7 Å². The molecular formula is C15H26Si2. The fourth-order valence-corrected chi connectivity index (χ4v) is 13.8. The van der Waals surface area contributed by atoms with Crippen molar-refractivity contribution in [1.29, 1.82) is 0 Å².